The molecule has 1 aliphatic carbocycles. The Morgan fingerprint density at radius 3 is 3.00 bits per heavy atom. The van der Waals surface area contributed by atoms with E-state index in [1.54, 1.807) is 0 Å². The van der Waals surface area contributed by atoms with Crippen molar-refractivity contribution in [2.75, 3.05) is 18.4 Å². The number of likely N-dealkylation sites (tertiary alicyclic amines) is 1. The van der Waals surface area contributed by atoms with Gasteiger partial charge in [-0.2, -0.15) is 0 Å². The molecule has 3 aliphatic rings. The van der Waals surface area contributed by atoms with Gasteiger partial charge in [0.2, 0.25) is 0 Å². The molecule has 0 spiro atoms. The summed E-state index contributed by atoms with van der Waals surface area (Å²) in [5.41, 5.74) is 4.48. The van der Waals surface area contributed by atoms with E-state index in [2.05, 4.69) is 28.4 Å². The van der Waals surface area contributed by atoms with Crippen LogP contribution >= 0.6 is 12.4 Å². The second-order valence-electron chi connectivity index (χ2n) is 5.89. The molecule has 2 aliphatic heterocycles. The minimum Gasteiger partial charge on any atom is -0.384 e. The van der Waals surface area contributed by atoms with Crippen molar-refractivity contribution in [2.45, 2.75) is 38.3 Å². The fourth-order valence-electron chi connectivity index (χ4n) is 3.98. The highest BCUT2D eigenvalue weighted by molar-refractivity contribution is 5.85. The van der Waals surface area contributed by atoms with Gasteiger partial charge in [-0.25, -0.2) is 0 Å². The largest absolute Gasteiger partial charge is 0.384 e. The third-order valence-electron chi connectivity index (χ3n) is 4.83. The van der Waals surface area contributed by atoms with Crippen molar-refractivity contribution < 1.29 is 0 Å². The molecule has 98 valence electrons. The first-order valence-electron chi connectivity index (χ1n) is 6.99. The Hall–Kier alpha value is -0.730. The Balaban J connectivity index is 0.000001000. The lowest BCUT2D eigenvalue weighted by Gasteiger charge is -2.27. The number of hydrogen-bond donors (Lipinski definition) is 1. The van der Waals surface area contributed by atoms with Crippen molar-refractivity contribution in [3.05, 3.63) is 29.3 Å². The van der Waals surface area contributed by atoms with Gasteiger partial charge in [0.25, 0.3) is 0 Å². The molecule has 0 radical (unpaired) electrons. The van der Waals surface area contributed by atoms with Crippen LogP contribution in [-0.4, -0.2) is 24.0 Å². The monoisotopic (exact) mass is 264 g/mol. The molecule has 1 N–H and O–H groups in total. The maximum absolute atomic E-state index is 3.56. The number of piperidine rings is 1. The average Bonchev–Trinajstić information content (AvgIpc) is 3.04. The van der Waals surface area contributed by atoms with E-state index in [0.717, 1.165) is 25.0 Å². The van der Waals surface area contributed by atoms with Crippen molar-refractivity contribution in [3.63, 3.8) is 0 Å². The first-order chi connectivity index (χ1) is 8.40. The van der Waals surface area contributed by atoms with Crippen LogP contribution in [0.3, 0.4) is 0 Å². The van der Waals surface area contributed by atoms with E-state index in [1.807, 2.05) is 0 Å². The van der Waals surface area contributed by atoms with Crippen molar-refractivity contribution in [2.24, 2.45) is 5.92 Å². The lowest BCUT2D eigenvalue weighted by Crippen LogP contribution is -2.31. The predicted molar refractivity (Wildman–Crippen MR) is 77.4 cm³/mol. The Kier molecular flexibility index (Phi) is 3.25. The van der Waals surface area contributed by atoms with E-state index in [4.69, 9.17) is 0 Å². The van der Waals surface area contributed by atoms with Crippen LogP contribution in [0.15, 0.2) is 18.2 Å². The molecular weight excluding hydrogens is 244 g/mol. The summed E-state index contributed by atoms with van der Waals surface area (Å²) in [6.07, 6.45) is 5.58. The molecule has 2 bridgehead atoms. The number of anilines is 1. The molecular formula is C15H21ClN2. The maximum Gasteiger partial charge on any atom is 0.0419 e. The third kappa shape index (κ3) is 1.92. The van der Waals surface area contributed by atoms with E-state index in [0.29, 0.717) is 0 Å². The van der Waals surface area contributed by atoms with Gasteiger partial charge in [-0.05, 0) is 42.7 Å². The summed E-state index contributed by atoms with van der Waals surface area (Å²) in [5.74, 6) is 1.00. The third-order valence-corrected chi connectivity index (χ3v) is 4.83. The van der Waals surface area contributed by atoms with Crippen LogP contribution in [0.2, 0.25) is 0 Å². The smallest absolute Gasteiger partial charge is 0.0419 e. The average molecular weight is 265 g/mol. The van der Waals surface area contributed by atoms with E-state index in [-0.39, 0.29) is 12.4 Å². The number of fused-ring (bicyclic) bond motifs is 3. The zero-order valence-corrected chi connectivity index (χ0v) is 11.5. The molecule has 1 aromatic carbocycles. The molecule has 3 heteroatoms. The Bertz CT molecular complexity index is 446. The number of benzene rings is 1. The van der Waals surface area contributed by atoms with Gasteiger partial charge in [-0.3, -0.25) is 4.90 Å². The molecule has 2 heterocycles. The van der Waals surface area contributed by atoms with Crippen molar-refractivity contribution in [3.8, 4) is 0 Å². The minimum atomic E-state index is 0. The van der Waals surface area contributed by atoms with Gasteiger partial charge in [-0.1, -0.05) is 18.2 Å². The Morgan fingerprint density at radius 1 is 1.28 bits per heavy atom. The van der Waals surface area contributed by atoms with Gasteiger partial charge in [0.15, 0.2) is 0 Å². The first-order valence-corrected chi connectivity index (χ1v) is 6.99. The van der Waals surface area contributed by atoms with Crippen molar-refractivity contribution >= 4 is 18.1 Å². The number of nitrogens with zero attached hydrogens (tertiary/aromatic N) is 1. The molecule has 0 aromatic heterocycles. The number of hydrogen-bond acceptors (Lipinski definition) is 2. The summed E-state index contributed by atoms with van der Waals surface area (Å²) >= 11 is 0. The van der Waals surface area contributed by atoms with Gasteiger partial charge < -0.3 is 5.32 Å². The van der Waals surface area contributed by atoms with Crippen LogP contribution in [0, 0.1) is 5.92 Å². The molecule has 18 heavy (non-hydrogen) atoms. The molecule has 2 fully saturated rings. The molecule has 2 unspecified atom stereocenters. The van der Waals surface area contributed by atoms with Gasteiger partial charge in [0.1, 0.15) is 0 Å². The van der Waals surface area contributed by atoms with Gasteiger partial charge in [0.05, 0.1) is 0 Å². The molecule has 2 nitrogen and oxygen atoms in total. The lowest BCUT2D eigenvalue weighted by atomic mass is 10.1. The maximum atomic E-state index is 3.56. The Morgan fingerprint density at radius 2 is 2.22 bits per heavy atom. The van der Waals surface area contributed by atoms with Crippen LogP contribution in [0.25, 0.3) is 0 Å². The van der Waals surface area contributed by atoms with Crippen LogP contribution < -0.4 is 5.32 Å². The summed E-state index contributed by atoms with van der Waals surface area (Å²) in [4.78, 5) is 2.71. The van der Waals surface area contributed by atoms with E-state index in [9.17, 15) is 0 Å². The summed E-state index contributed by atoms with van der Waals surface area (Å²) in [6, 6.07) is 7.70. The topological polar surface area (TPSA) is 15.3 Å². The summed E-state index contributed by atoms with van der Waals surface area (Å²) < 4.78 is 0. The second kappa shape index (κ2) is 4.75. The zero-order valence-electron chi connectivity index (χ0n) is 10.7. The SMILES string of the molecule is Cl.c1cc2c(c(CN3CC4CCC3C4)c1)NCC2. The summed E-state index contributed by atoms with van der Waals surface area (Å²) in [7, 11) is 0. The van der Waals surface area contributed by atoms with Gasteiger partial charge >= 0.3 is 0 Å². The van der Waals surface area contributed by atoms with E-state index in [1.165, 1.54) is 49.0 Å². The second-order valence-corrected chi connectivity index (χ2v) is 5.89. The summed E-state index contributed by atoms with van der Waals surface area (Å²) in [6.45, 7) is 3.63. The van der Waals surface area contributed by atoms with E-state index < -0.39 is 0 Å². The number of rotatable bonds is 2. The van der Waals surface area contributed by atoms with Crippen LogP contribution in [-0.2, 0) is 13.0 Å². The van der Waals surface area contributed by atoms with Gasteiger partial charge in [-0.15, -0.1) is 12.4 Å². The van der Waals surface area contributed by atoms with Crippen molar-refractivity contribution in [1.82, 2.24) is 4.90 Å². The molecule has 0 amide bonds. The predicted octanol–water partition coefficient (Wildman–Crippen LogP) is 3.06. The van der Waals surface area contributed by atoms with E-state index >= 15 is 0 Å². The molecule has 1 saturated carbocycles. The number of nitrogens with one attached hydrogen (secondary N) is 1. The highest BCUT2D eigenvalue weighted by atomic mass is 35.5. The van der Waals surface area contributed by atoms with Crippen LogP contribution in [0.4, 0.5) is 5.69 Å². The Labute approximate surface area is 115 Å². The highest BCUT2D eigenvalue weighted by Gasteiger charge is 2.37. The summed E-state index contributed by atoms with van der Waals surface area (Å²) in [5, 5.41) is 3.56. The highest BCUT2D eigenvalue weighted by Crippen LogP contribution is 2.39. The zero-order chi connectivity index (χ0) is 11.2. The van der Waals surface area contributed by atoms with Gasteiger partial charge in [0, 0.05) is 31.4 Å². The molecule has 4 rings (SSSR count). The fraction of sp³-hybridized carbons (Fsp3) is 0.600. The lowest BCUT2D eigenvalue weighted by molar-refractivity contribution is 0.205. The normalized spacial score (nSPS) is 28.9. The number of para-hydroxylation sites is 1. The van der Waals surface area contributed by atoms with Crippen molar-refractivity contribution in [1.29, 1.82) is 0 Å². The molecule has 1 saturated heterocycles. The van der Waals surface area contributed by atoms with Crippen LogP contribution in [0.5, 0.6) is 0 Å². The molecule has 1 aromatic rings. The number of halogens is 1. The quantitative estimate of drug-likeness (QED) is 0.883. The standard InChI is InChI=1S/C15H20N2.ClH/c1-2-12-6-7-16-15(12)13(3-1)10-17-9-11-4-5-14(17)8-11;/h1-3,11,14,16H,4-10H2;1H. The van der Waals surface area contributed by atoms with Crippen LogP contribution in [0.1, 0.15) is 30.4 Å². The molecule has 2 atom stereocenters. The minimum absolute atomic E-state index is 0. The fourth-order valence-corrected chi connectivity index (χ4v) is 3.98. The first kappa shape index (κ1) is 12.3.